The van der Waals surface area contributed by atoms with Gasteiger partial charge in [0.1, 0.15) is 31.0 Å². The first-order chi connectivity index (χ1) is 12.2. The Morgan fingerprint density at radius 2 is 1.60 bits per heavy atom. The molecule has 0 aromatic heterocycles. The summed E-state index contributed by atoms with van der Waals surface area (Å²) in [6.07, 6.45) is 3.05. The van der Waals surface area contributed by atoms with Crippen LogP contribution in [-0.4, -0.2) is 38.4 Å². The molecule has 2 aromatic rings. The Kier molecular flexibility index (Phi) is 6.48. The summed E-state index contributed by atoms with van der Waals surface area (Å²) in [4.78, 5) is 1.66. The maximum absolute atomic E-state index is 6.09. The lowest BCUT2D eigenvalue weighted by atomic mass is 10.1. The molecule has 1 aliphatic rings. The van der Waals surface area contributed by atoms with Crippen LogP contribution in [0.2, 0.25) is 0 Å². The highest BCUT2D eigenvalue weighted by Gasteiger charge is 2.24. The van der Waals surface area contributed by atoms with Crippen molar-refractivity contribution in [3.63, 3.8) is 0 Å². The summed E-state index contributed by atoms with van der Waals surface area (Å²) in [5, 5.41) is 0. The zero-order chi connectivity index (χ0) is 17.5. The zero-order valence-electron chi connectivity index (χ0n) is 15.4. The fourth-order valence-electron chi connectivity index (χ4n) is 3.70. The number of quaternary nitrogens is 1. The van der Waals surface area contributed by atoms with Crippen molar-refractivity contribution in [3.8, 4) is 16.9 Å². The van der Waals surface area contributed by atoms with Crippen molar-refractivity contribution < 1.29 is 14.4 Å². The Morgan fingerprint density at radius 3 is 2.36 bits per heavy atom. The van der Waals surface area contributed by atoms with E-state index in [0.29, 0.717) is 12.2 Å². The fourth-order valence-corrected chi connectivity index (χ4v) is 3.70. The van der Waals surface area contributed by atoms with E-state index in [1.165, 1.54) is 24.1 Å². The van der Waals surface area contributed by atoms with Gasteiger partial charge in [0, 0.05) is 5.56 Å². The minimum absolute atomic E-state index is 0.382. The summed E-state index contributed by atoms with van der Waals surface area (Å²) in [6.45, 7) is 8.60. The molecule has 0 bridgehead atoms. The van der Waals surface area contributed by atoms with E-state index >= 15 is 0 Å². The summed E-state index contributed by atoms with van der Waals surface area (Å²) >= 11 is 0. The first-order valence-electron chi connectivity index (χ1n) is 9.48. The zero-order valence-corrected chi connectivity index (χ0v) is 15.4. The van der Waals surface area contributed by atoms with Gasteiger partial charge in [-0.05, 0) is 38.3 Å². The van der Waals surface area contributed by atoms with Crippen LogP contribution >= 0.6 is 0 Å². The molecule has 1 N–H and O–H groups in total. The van der Waals surface area contributed by atoms with Gasteiger partial charge in [0.25, 0.3) is 0 Å². The summed E-state index contributed by atoms with van der Waals surface area (Å²) in [6, 6.07) is 18.8. The van der Waals surface area contributed by atoms with Gasteiger partial charge in [-0.1, -0.05) is 48.5 Å². The Morgan fingerprint density at radius 1 is 0.920 bits per heavy atom. The largest absolute Gasteiger partial charge is 0.493 e. The number of hydrogen-bond donors (Lipinski definition) is 1. The first kappa shape index (κ1) is 18.0. The van der Waals surface area contributed by atoms with Gasteiger partial charge in [-0.25, -0.2) is 0 Å². The predicted molar refractivity (Wildman–Crippen MR) is 102 cm³/mol. The van der Waals surface area contributed by atoms with Gasteiger partial charge in [-0.2, -0.15) is 0 Å². The lowest BCUT2D eigenvalue weighted by Gasteiger charge is -2.32. The van der Waals surface area contributed by atoms with Crippen molar-refractivity contribution >= 4 is 0 Å². The molecule has 3 heteroatoms. The molecule has 0 aliphatic carbocycles. The molecule has 3 rings (SSSR count). The molecule has 2 aromatic carbocycles. The van der Waals surface area contributed by atoms with Crippen LogP contribution in [0.4, 0.5) is 0 Å². The number of morpholine rings is 1. The van der Waals surface area contributed by atoms with Gasteiger partial charge in [0.15, 0.2) is 0 Å². The monoisotopic (exact) mass is 340 g/mol. The van der Waals surface area contributed by atoms with Crippen LogP contribution in [0.25, 0.3) is 11.1 Å². The lowest BCUT2D eigenvalue weighted by Crippen LogP contribution is -3.15. The topological polar surface area (TPSA) is 22.9 Å². The third kappa shape index (κ3) is 5.32. The molecule has 1 heterocycles. The van der Waals surface area contributed by atoms with E-state index in [0.717, 1.165) is 31.9 Å². The smallest absolute Gasteiger partial charge is 0.127 e. The third-order valence-electron chi connectivity index (χ3n) is 4.77. The molecule has 25 heavy (non-hydrogen) atoms. The number of unbranched alkanes of at least 4 members (excludes halogenated alkanes) is 1. The minimum Gasteiger partial charge on any atom is -0.493 e. The van der Waals surface area contributed by atoms with Crippen LogP contribution in [0.5, 0.6) is 5.75 Å². The molecule has 0 spiro atoms. The van der Waals surface area contributed by atoms with Crippen LogP contribution in [-0.2, 0) is 4.74 Å². The van der Waals surface area contributed by atoms with Gasteiger partial charge in [0.2, 0.25) is 0 Å². The lowest BCUT2D eigenvalue weighted by molar-refractivity contribution is -0.915. The molecule has 1 saturated heterocycles. The van der Waals surface area contributed by atoms with Crippen LogP contribution in [0.1, 0.15) is 26.7 Å². The van der Waals surface area contributed by atoms with Gasteiger partial charge < -0.3 is 14.4 Å². The van der Waals surface area contributed by atoms with E-state index in [2.05, 4.69) is 56.3 Å². The maximum atomic E-state index is 6.09. The highest BCUT2D eigenvalue weighted by Crippen LogP contribution is 2.29. The molecule has 0 unspecified atom stereocenters. The molecule has 0 radical (unpaired) electrons. The minimum atomic E-state index is 0.382. The van der Waals surface area contributed by atoms with E-state index < -0.39 is 0 Å². The van der Waals surface area contributed by atoms with E-state index in [1.54, 1.807) is 4.90 Å². The molecular weight excluding hydrogens is 310 g/mol. The molecule has 134 valence electrons. The number of ether oxygens (including phenoxy) is 2. The SMILES string of the molecule is C[C@H]1C[NH+](CCCCOc2ccccc2-c2ccccc2)C[C@H](C)O1. The third-order valence-corrected chi connectivity index (χ3v) is 4.77. The second-order valence-electron chi connectivity index (χ2n) is 7.08. The van der Waals surface area contributed by atoms with Gasteiger partial charge in [-0.15, -0.1) is 0 Å². The normalized spacial score (nSPS) is 23.4. The van der Waals surface area contributed by atoms with Crippen LogP contribution < -0.4 is 9.64 Å². The van der Waals surface area contributed by atoms with Crippen LogP contribution in [0, 0.1) is 0 Å². The number of hydrogen-bond acceptors (Lipinski definition) is 2. The van der Waals surface area contributed by atoms with Crippen molar-refractivity contribution in [2.45, 2.75) is 38.9 Å². The second kappa shape index (κ2) is 9.02. The van der Waals surface area contributed by atoms with Crippen molar-refractivity contribution in [2.24, 2.45) is 0 Å². The standard InChI is InChI=1S/C22H29NO2/c1-18-16-23(17-19(2)25-18)14-8-9-15-24-22-13-7-6-12-21(22)20-10-4-3-5-11-20/h3-7,10-13,18-19H,8-9,14-17H2,1-2H3/p+1/t18-,19-/m0/s1. The van der Waals surface area contributed by atoms with Crippen molar-refractivity contribution in [2.75, 3.05) is 26.2 Å². The number of benzene rings is 2. The first-order valence-corrected chi connectivity index (χ1v) is 9.48. The molecule has 0 amide bonds. The maximum Gasteiger partial charge on any atom is 0.127 e. The van der Waals surface area contributed by atoms with E-state index in [9.17, 15) is 0 Å². The molecular formula is C22H30NO2+. The molecule has 2 atom stereocenters. The van der Waals surface area contributed by atoms with E-state index in [1.807, 2.05) is 12.1 Å². The number of rotatable bonds is 7. The van der Waals surface area contributed by atoms with Crippen molar-refractivity contribution in [1.29, 1.82) is 0 Å². The average molecular weight is 340 g/mol. The van der Waals surface area contributed by atoms with E-state index in [4.69, 9.17) is 9.47 Å². The molecule has 1 fully saturated rings. The molecule has 0 saturated carbocycles. The number of nitrogens with one attached hydrogen (secondary N) is 1. The van der Waals surface area contributed by atoms with Crippen LogP contribution in [0.3, 0.4) is 0 Å². The van der Waals surface area contributed by atoms with Gasteiger partial charge in [-0.3, -0.25) is 0 Å². The predicted octanol–water partition coefficient (Wildman–Crippen LogP) is 3.20. The second-order valence-corrected chi connectivity index (χ2v) is 7.08. The van der Waals surface area contributed by atoms with Crippen molar-refractivity contribution in [3.05, 3.63) is 54.6 Å². The Labute approximate surface area is 151 Å². The molecule has 1 aliphatic heterocycles. The summed E-state index contributed by atoms with van der Waals surface area (Å²) in [5.74, 6) is 0.981. The highest BCUT2D eigenvalue weighted by atomic mass is 16.5. The van der Waals surface area contributed by atoms with Gasteiger partial charge in [0.05, 0.1) is 13.2 Å². The average Bonchev–Trinajstić information content (AvgIpc) is 2.62. The quantitative estimate of drug-likeness (QED) is 0.782. The highest BCUT2D eigenvalue weighted by molar-refractivity contribution is 5.70. The Hall–Kier alpha value is -1.84. The fraction of sp³-hybridized carbons (Fsp3) is 0.455. The molecule has 3 nitrogen and oxygen atoms in total. The van der Waals surface area contributed by atoms with Crippen LogP contribution in [0.15, 0.2) is 54.6 Å². The van der Waals surface area contributed by atoms with E-state index in [-0.39, 0.29) is 0 Å². The summed E-state index contributed by atoms with van der Waals surface area (Å²) < 4.78 is 11.9. The Bertz CT molecular complexity index is 633. The summed E-state index contributed by atoms with van der Waals surface area (Å²) in [7, 11) is 0. The van der Waals surface area contributed by atoms with Gasteiger partial charge >= 0.3 is 0 Å². The summed E-state index contributed by atoms with van der Waals surface area (Å²) in [5.41, 5.74) is 2.38. The number of para-hydroxylation sites is 1. The van der Waals surface area contributed by atoms with Crippen molar-refractivity contribution in [1.82, 2.24) is 0 Å². The Balaban J connectivity index is 1.45.